The van der Waals surface area contributed by atoms with E-state index in [1.165, 1.54) is 12.1 Å². The molecule has 1 unspecified atom stereocenters. The van der Waals surface area contributed by atoms with Gasteiger partial charge in [-0.1, -0.05) is 12.1 Å². The molecule has 0 heterocycles. The van der Waals surface area contributed by atoms with Crippen molar-refractivity contribution >= 4 is 0 Å². The summed E-state index contributed by atoms with van der Waals surface area (Å²) in [5, 5.41) is 0. The number of hydrogen-bond donors (Lipinski definition) is 1. The standard InChI is InChI=1S/C12H14F3N/c1-11(16,8-2-3-8)9-4-6-10(7-5-9)12(13,14)15/h4-8H,2-3,16H2,1H3. The molecule has 0 bridgehead atoms. The van der Waals surface area contributed by atoms with Crippen LogP contribution in [0.5, 0.6) is 0 Å². The predicted octanol–water partition coefficient (Wildman–Crippen LogP) is 3.29. The smallest absolute Gasteiger partial charge is 0.321 e. The highest BCUT2D eigenvalue weighted by Gasteiger charge is 2.40. The Balaban J connectivity index is 2.25. The van der Waals surface area contributed by atoms with Crippen LogP contribution in [-0.2, 0) is 11.7 Å². The zero-order chi connectivity index (χ0) is 12.0. The molecule has 2 rings (SSSR count). The molecule has 1 saturated carbocycles. The number of benzene rings is 1. The van der Waals surface area contributed by atoms with Crippen LogP contribution < -0.4 is 5.73 Å². The molecule has 1 aromatic rings. The van der Waals surface area contributed by atoms with Crippen molar-refractivity contribution in [2.24, 2.45) is 11.7 Å². The van der Waals surface area contributed by atoms with Crippen molar-refractivity contribution in [2.75, 3.05) is 0 Å². The Hall–Kier alpha value is -1.03. The molecule has 0 aliphatic heterocycles. The molecular formula is C12H14F3N. The van der Waals surface area contributed by atoms with Gasteiger partial charge in [0.25, 0.3) is 0 Å². The minimum Gasteiger partial charge on any atom is -0.321 e. The highest BCUT2D eigenvalue weighted by atomic mass is 19.4. The average molecular weight is 229 g/mol. The Bertz CT molecular complexity index is 374. The fourth-order valence-corrected chi connectivity index (χ4v) is 1.94. The number of halogens is 3. The van der Waals surface area contributed by atoms with Crippen molar-refractivity contribution in [2.45, 2.75) is 31.5 Å². The fourth-order valence-electron chi connectivity index (χ4n) is 1.94. The van der Waals surface area contributed by atoms with Crippen molar-refractivity contribution < 1.29 is 13.2 Å². The molecule has 0 aromatic heterocycles. The maximum absolute atomic E-state index is 12.4. The maximum atomic E-state index is 12.4. The molecule has 1 atom stereocenters. The second-order valence-corrected chi connectivity index (χ2v) is 4.63. The molecule has 1 fully saturated rings. The molecule has 16 heavy (non-hydrogen) atoms. The fraction of sp³-hybridized carbons (Fsp3) is 0.500. The highest BCUT2D eigenvalue weighted by Crippen LogP contribution is 2.44. The van der Waals surface area contributed by atoms with Crippen LogP contribution in [0.25, 0.3) is 0 Å². The van der Waals surface area contributed by atoms with E-state index < -0.39 is 17.3 Å². The summed E-state index contributed by atoms with van der Waals surface area (Å²) in [4.78, 5) is 0. The normalized spacial score (nSPS) is 20.6. The molecule has 1 nitrogen and oxygen atoms in total. The largest absolute Gasteiger partial charge is 0.416 e. The second kappa shape index (κ2) is 3.48. The van der Waals surface area contributed by atoms with E-state index in [0.717, 1.165) is 30.5 Å². The van der Waals surface area contributed by atoms with Crippen LogP contribution in [0.2, 0.25) is 0 Å². The van der Waals surface area contributed by atoms with Gasteiger partial charge in [0.2, 0.25) is 0 Å². The Morgan fingerprint density at radius 1 is 1.06 bits per heavy atom. The molecular weight excluding hydrogens is 215 g/mol. The first-order valence-corrected chi connectivity index (χ1v) is 5.28. The number of hydrogen-bond acceptors (Lipinski definition) is 1. The van der Waals surface area contributed by atoms with Crippen LogP contribution in [-0.4, -0.2) is 0 Å². The van der Waals surface area contributed by atoms with Gasteiger partial charge >= 0.3 is 6.18 Å². The quantitative estimate of drug-likeness (QED) is 0.827. The summed E-state index contributed by atoms with van der Waals surface area (Å²) in [5.41, 5.74) is 5.78. The van der Waals surface area contributed by atoms with E-state index in [1.54, 1.807) is 0 Å². The zero-order valence-corrected chi connectivity index (χ0v) is 9.01. The topological polar surface area (TPSA) is 26.0 Å². The predicted molar refractivity (Wildman–Crippen MR) is 55.7 cm³/mol. The summed E-state index contributed by atoms with van der Waals surface area (Å²) < 4.78 is 37.1. The van der Waals surface area contributed by atoms with Gasteiger partial charge in [0.05, 0.1) is 5.56 Å². The van der Waals surface area contributed by atoms with E-state index in [1.807, 2.05) is 6.92 Å². The van der Waals surface area contributed by atoms with Gasteiger partial charge in [0.1, 0.15) is 0 Å². The van der Waals surface area contributed by atoms with Gasteiger partial charge in [-0.15, -0.1) is 0 Å². The van der Waals surface area contributed by atoms with E-state index in [9.17, 15) is 13.2 Å². The van der Waals surface area contributed by atoms with E-state index in [0.29, 0.717) is 5.92 Å². The summed E-state index contributed by atoms with van der Waals surface area (Å²) in [6, 6.07) is 5.17. The SMILES string of the molecule is CC(N)(c1ccc(C(F)(F)F)cc1)C1CC1. The van der Waals surface area contributed by atoms with Gasteiger partial charge in [-0.05, 0) is 43.4 Å². The van der Waals surface area contributed by atoms with Gasteiger partial charge in [0, 0.05) is 5.54 Å². The third-order valence-electron chi connectivity index (χ3n) is 3.26. The zero-order valence-electron chi connectivity index (χ0n) is 9.01. The van der Waals surface area contributed by atoms with Crippen LogP contribution in [0.3, 0.4) is 0 Å². The van der Waals surface area contributed by atoms with Gasteiger partial charge in [-0.3, -0.25) is 0 Å². The Morgan fingerprint density at radius 2 is 1.50 bits per heavy atom. The summed E-state index contributed by atoms with van der Waals surface area (Å²) >= 11 is 0. The lowest BCUT2D eigenvalue weighted by Crippen LogP contribution is -2.35. The first kappa shape index (κ1) is 11.5. The summed E-state index contributed by atoms with van der Waals surface area (Å²) in [7, 11) is 0. The van der Waals surface area contributed by atoms with Crippen molar-refractivity contribution in [3.8, 4) is 0 Å². The third kappa shape index (κ3) is 2.07. The highest BCUT2D eigenvalue weighted by molar-refractivity contribution is 5.30. The Morgan fingerprint density at radius 3 is 1.88 bits per heavy atom. The van der Waals surface area contributed by atoms with Crippen molar-refractivity contribution in [3.63, 3.8) is 0 Å². The lowest BCUT2D eigenvalue weighted by molar-refractivity contribution is -0.137. The van der Waals surface area contributed by atoms with E-state index in [-0.39, 0.29) is 0 Å². The van der Waals surface area contributed by atoms with Crippen molar-refractivity contribution in [1.82, 2.24) is 0 Å². The minimum absolute atomic E-state index is 0.407. The summed E-state index contributed by atoms with van der Waals surface area (Å²) in [6.07, 6.45) is -2.15. The molecule has 4 heteroatoms. The summed E-state index contributed by atoms with van der Waals surface area (Å²) in [5.74, 6) is 0.407. The molecule has 1 aliphatic carbocycles. The molecule has 0 radical (unpaired) electrons. The number of rotatable bonds is 2. The minimum atomic E-state index is -4.27. The van der Waals surface area contributed by atoms with Crippen LogP contribution in [0.1, 0.15) is 30.9 Å². The molecule has 1 aliphatic rings. The molecule has 0 amide bonds. The van der Waals surface area contributed by atoms with Crippen molar-refractivity contribution in [1.29, 1.82) is 0 Å². The van der Waals surface area contributed by atoms with Crippen molar-refractivity contribution in [3.05, 3.63) is 35.4 Å². The lowest BCUT2D eigenvalue weighted by Gasteiger charge is -2.25. The molecule has 1 aromatic carbocycles. The Labute approximate surface area is 92.5 Å². The van der Waals surface area contributed by atoms with Gasteiger partial charge in [0.15, 0.2) is 0 Å². The van der Waals surface area contributed by atoms with E-state index in [2.05, 4.69) is 0 Å². The second-order valence-electron chi connectivity index (χ2n) is 4.63. The Kier molecular flexibility index (Phi) is 2.49. The van der Waals surface area contributed by atoms with E-state index >= 15 is 0 Å². The van der Waals surface area contributed by atoms with Crippen LogP contribution in [0.4, 0.5) is 13.2 Å². The number of alkyl halides is 3. The first-order valence-electron chi connectivity index (χ1n) is 5.28. The average Bonchev–Trinajstić information content (AvgIpc) is 3.00. The first-order chi connectivity index (χ1) is 7.32. The van der Waals surface area contributed by atoms with Gasteiger partial charge in [-0.2, -0.15) is 13.2 Å². The lowest BCUT2D eigenvalue weighted by atomic mass is 9.88. The summed E-state index contributed by atoms with van der Waals surface area (Å²) in [6.45, 7) is 1.88. The number of nitrogens with two attached hydrogens (primary N) is 1. The van der Waals surface area contributed by atoms with Crippen LogP contribution in [0.15, 0.2) is 24.3 Å². The van der Waals surface area contributed by atoms with Crippen LogP contribution in [0, 0.1) is 5.92 Å². The molecule has 88 valence electrons. The monoisotopic (exact) mass is 229 g/mol. The molecule has 0 saturated heterocycles. The molecule has 2 N–H and O–H groups in total. The third-order valence-corrected chi connectivity index (χ3v) is 3.26. The van der Waals surface area contributed by atoms with Gasteiger partial charge < -0.3 is 5.73 Å². The maximum Gasteiger partial charge on any atom is 0.416 e. The molecule has 0 spiro atoms. The van der Waals surface area contributed by atoms with Gasteiger partial charge in [-0.25, -0.2) is 0 Å². The van der Waals surface area contributed by atoms with E-state index in [4.69, 9.17) is 5.73 Å². The van der Waals surface area contributed by atoms with Crippen LogP contribution >= 0.6 is 0 Å².